The van der Waals surface area contributed by atoms with Gasteiger partial charge in [0.15, 0.2) is 11.5 Å². The third kappa shape index (κ3) is 8.69. The first-order chi connectivity index (χ1) is 19.6. The predicted octanol–water partition coefficient (Wildman–Crippen LogP) is 3.08. The highest BCUT2D eigenvalue weighted by molar-refractivity contribution is 14.1. The molecule has 41 heavy (non-hydrogen) atoms. The second-order valence-corrected chi connectivity index (χ2v) is 11.2. The van der Waals surface area contributed by atoms with Crippen LogP contribution in [0.2, 0.25) is 10.0 Å². The van der Waals surface area contributed by atoms with Crippen molar-refractivity contribution in [2.24, 2.45) is 0 Å². The SMILES string of the molecule is CCOCC(=O)N(Cc1ccc(Cl)c(Cl)c1)C1CC(C(=O)NCCO)=CC(Oc2c(I)cc(CO)cc2OC)C1O. The van der Waals surface area contributed by atoms with Gasteiger partial charge in [-0.15, -0.1) is 0 Å². The lowest BCUT2D eigenvalue weighted by atomic mass is 9.87. The zero-order valence-electron chi connectivity index (χ0n) is 22.6. The number of aliphatic hydroxyl groups excluding tert-OH is 3. The number of benzene rings is 2. The van der Waals surface area contributed by atoms with Gasteiger partial charge < -0.3 is 39.7 Å². The van der Waals surface area contributed by atoms with Crippen molar-refractivity contribution in [3.05, 3.63) is 66.7 Å². The molecule has 1 aliphatic rings. The highest BCUT2D eigenvalue weighted by atomic mass is 127. The summed E-state index contributed by atoms with van der Waals surface area (Å²) in [6.07, 6.45) is -0.818. The first kappa shape index (κ1) is 33.4. The van der Waals surface area contributed by atoms with E-state index < -0.39 is 30.1 Å². The topological polar surface area (TPSA) is 138 Å². The van der Waals surface area contributed by atoms with Crippen LogP contribution in [0, 0.1) is 3.57 Å². The third-order valence-electron chi connectivity index (χ3n) is 6.43. The average molecular weight is 723 g/mol. The van der Waals surface area contributed by atoms with E-state index in [1.54, 1.807) is 37.3 Å². The van der Waals surface area contributed by atoms with E-state index in [1.165, 1.54) is 18.1 Å². The second-order valence-electron chi connectivity index (χ2n) is 9.19. The third-order valence-corrected chi connectivity index (χ3v) is 7.97. The molecule has 13 heteroatoms. The number of rotatable bonds is 13. The molecule has 0 aromatic heterocycles. The van der Waals surface area contributed by atoms with E-state index in [2.05, 4.69) is 5.32 Å². The van der Waals surface area contributed by atoms with Crippen LogP contribution < -0.4 is 14.8 Å². The number of ether oxygens (including phenoxy) is 3. The molecule has 0 saturated heterocycles. The normalized spacial score (nSPS) is 18.4. The van der Waals surface area contributed by atoms with Gasteiger partial charge in [0.05, 0.1) is 40.0 Å². The fourth-order valence-corrected chi connectivity index (χ4v) is 5.51. The summed E-state index contributed by atoms with van der Waals surface area (Å²) < 4.78 is 17.7. The van der Waals surface area contributed by atoms with Gasteiger partial charge in [-0.3, -0.25) is 9.59 Å². The lowest BCUT2D eigenvalue weighted by Crippen LogP contribution is -2.55. The molecule has 2 aromatic rings. The largest absolute Gasteiger partial charge is 0.493 e. The fourth-order valence-electron chi connectivity index (χ4n) is 4.39. The molecule has 0 saturated carbocycles. The number of methoxy groups -OCH3 is 1. The van der Waals surface area contributed by atoms with Crippen molar-refractivity contribution < 1.29 is 39.1 Å². The molecule has 0 bridgehead atoms. The number of nitrogens with zero attached hydrogens (tertiary/aromatic N) is 1. The standard InChI is InChI=1S/C28H33Cl2IN2O8/c1-3-40-15-25(36)33(13-16-4-5-19(29)20(30)8-16)22-11-18(28(38)32-6-7-34)12-23(26(22)37)41-27-21(31)9-17(14-35)10-24(27)39-2/h4-5,8-10,12,22-23,26,34-35,37H,3,6-7,11,13-15H2,1-2H3,(H,32,38). The maximum absolute atomic E-state index is 13.4. The van der Waals surface area contributed by atoms with E-state index in [1.807, 2.05) is 22.6 Å². The number of amides is 2. The van der Waals surface area contributed by atoms with E-state index in [0.717, 1.165) is 0 Å². The molecule has 2 amide bonds. The van der Waals surface area contributed by atoms with Gasteiger partial charge in [-0.25, -0.2) is 0 Å². The Kier molecular flexibility index (Phi) is 13.0. The molecule has 0 fully saturated rings. The van der Waals surface area contributed by atoms with E-state index in [0.29, 0.717) is 42.8 Å². The van der Waals surface area contributed by atoms with Crippen LogP contribution in [0.4, 0.5) is 0 Å². The Morgan fingerprint density at radius 3 is 2.54 bits per heavy atom. The molecule has 4 N–H and O–H groups in total. The van der Waals surface area contributed by atoms with E-state index in [4.69, 9.17) is 37.4 Å². The van der Waals surface area contributed by atoms with E-state index in [-0.39, 0.29) is 44.9 Å². The predicted molar refractivity (Wildman–Crippen MR) is 162 cm³/mol. The van der Waals surface area contributed by atoms with Crippen molar-refractivity contribution in [2.75, 3.05) is 33.5 Å². The van der Waals surface area contributed by atoms with Gasteiger partial charge in [0.25, 0.3) is 0 Å². The first-order valence-electron chi connectivity index (χ1n) is 12.9. The van der Waals surface area contributed by atoms with Crippen molar-refractivity contribution in [2.45, 2.75) is 44.7 Å². The van der Waals surface area contributed by atoms with Crippen molar-refractivity contribution >= 4 is 57.6 Å². The number of aliphatic hydroxyl groups is 3. The molecule has 224 valence electrons. The van der Waals surface area contributed by atoms with Crippen molar-refractivity contribution in [1.29, 1.82) is 0 Å². The Hall–Kier alpha value is -2.13. The average Bonchev–Trinajstić information content (AvgIpc) is 2.96. The zero-order chi connectivity index (χ0) is 30.1. The van der Waals surface area contributed by atoms with Gasteiger partial charge in [0.2, 0.25) is 11.8 Å². The number of halogens is 3. The minimum atomic E-state index is -1.27. The van der Waals surface area contributed by atoms with Crippen molar-refractivity contribution in [3.63, 3.8) is 0 Å². The van der Waals surface area contributed by atoms with Gasteiger partial charge in [0, 0.05) is 31.7 Å². The van der Waals surface area contributed by atoms with Gasteiger partial charge in [-0.1, -0.05) is 29.3 Å². The summed E-state index contributed by atoms with van der Waals surface area (Å²) in [4.78, 5) is 27.9. The fraction of sp³-hybridized carbons (Fsp3) is 0.429. The van der Waals surface area contributed by atoms with Crippen molar-refractivity contribution in [3.8, 4) is 11.5 Å². The number of carbonyl (C=O) groups is 2. The summed E-state index contributed by atoms with van der Waals surface area (Å²) in [6, 6.07) is 7.40. The van der Waals surface area contributed by atoms with Crippen molar-refractivity contribution in [1.82, 2.24) is 10.2 Å². The second kappa shape index (κ2) is 15.9. The van der Waals surface area contributed by atoms with Gasteiger partial charge in [-0.05, 0) is 71.0 Å². The quantitative estimate of drug-likeness (QED) is 0.232. The molecule has 0 heterocycles. The minimum Gasteiger partial charge on any atom is -0.493 e. The molecular weight excluding hydrogens is 690 g/mol. The molecule has 3 rings (SSSR count). The van der Waals surface area contributed by atoms with Crippen LogP contribution in [-0.2, 0) is 27.5 Å². The Labute approximate surface area is 262 Å². The summed E-state index contributed by atoms with van der Waals surface area (Å²) >= 11 is 14.3. The maximum atomic E-state index is 13.4. The molecule has 0 spiro atoms. The monoisotopic (exact) mass is 722 g/mol. The van der Waals surface area contributed by atoms with Crippen LogP contribution >= 0.6 is 45.8 Å². The minimum absolute atomic E-state index is 0.00908. The van der Waals surface area contributed by atoms with Crippen LogP contribution in [-0.4, -0.2) is 83.8 Å². The molecule has 10 nitrogen and oxygen atoms in total. The van der Waals surface area contributed by atoms with Gasteiger partial charge in [-0.2, -0.15) is 0 Å². The highest BCUT2D eigenvalue weighted by Gasteiger charge is 2.41. The summed E-state index contributed by atoms with van der Waals surface area (Å²) in [7, 11) is 1.45. The molecule has 1 aliphatic carbocycles. The van der Waals surface area contributed by atoms with Crippen LogP contribution in [0.3, 0.4) is 0 Å². The molecule has 3 atom stereocenters. The summed E-state index contributed by atoms with van der Waals surface area (Å²) in [5.74, 6) is -0.237. The van der Waals surface area contributed by atoms with Crippen LogP contribution in [0.1, 0.15) is 24.5 Å². The smallest absolute Gasteiger partial charge is 0.249 e. The summed E-state index contributed by atoms with van der Waals surface area (Å²) in [5, 5.41) is 33.7. The Bertz CT molecular complexity index is 1260. The number of hydrogen-bond donors (Lipinski definition) is 4. The van der Waals surface area contributed by atoms with Crippen LogP contribution in [0.5, 0.6) is 11.5 Å². The molecule has 0 aliphatic heterocycles. The highest BCUT2D eigenvalue weighted by Crippen LogP contribution is 2.37. The van der Waals surface area contributed by atoms with Crippen LogP contribution in [0.15, 0.2) is 42.0 Å². The molecule has 0 radical (unpaired) electrons. The summed E-state index contributed by atoms with van der Waals surface area (Å²) in [6.45, 7) is 1.45. The van der Waals surface area contributed by atoms with Crippen LogP contribution in [0.25, 0.3) is 0 Å². The van der Waals surface area contributed by atoms with Gasteiger partial charge in [0.1, 0.15) is 18.8 Å². The lowest BCUT2D eigenvalue weighted by molar-refractivity contribution is -0.144. The first-order valence-corrected chi connectivity index (χ1v) is 14.7. The zero-order valence-corrected chi connectivity index (χ0v) is 26.3. The maximum Gasteiger partial charge on any atom is 0.249 e. The lowest BCUT2D eigenvalue weighted by Gasteiger charge is -2.40. The number of nitrogens with one attached hydrogen (secondary N) is 1. The number of hydrogen-bond acceptors (Lipinski definition) is 8. The summed E-state index contributed by atoms with van der Waals surface area (Å²) in [5.41, 5.74) is 1.53. The molecular formula is C28H33Cl2IN2O8. The molecule has 2 aromatic carbocycles. The Balaban J connectivity index is 2.04. The Morgan fingerprint density at radius 2 is 1.90 bits per heavy atom. The van der Waals surface area contributed by atoms with E-state index in [9.17, 15) is 24.9 Å². The molecule has 3 unspecified atom stereocenters. The number of carbonyl (C=O) groups excluding carboxylic acids is 2. The Morgan fingerprint density at radius 1 is 1.15 bits per heavy atom. The van der Waals surface area contributed by atoms with Gasteiger partial charge >= 0.3 is 0 Å². The van der Waals surface area contributed by atoms with E-state index >= 15 is 0 Å².